The zero-order valence-corrected chi connectivity index (χ0v) is 12.8. The third kappa shape index (κ3) is 2.65. The number of nitrogen functional groups attached to an aromatic ring is 1. The molecule has 2 heterocycles. The molecule has 1 aromatic carbocycles. The van der Waals surface area contributed by atoms with E-state index < -0.39 is 15.8 Å². The second-order valence-electron chi connectivity index (χ2n) is 5.91. The van der Waals surface area contributed by atoms with Gasteiger partial charge in [0.2, 0.25) is 10.0 Å². The van der Waals surface area contributed by atoms with Crippen LogP contribution in [0.1, 0.15) is 24.8 Å². The molecule has 2 atom stereocenters. The van der Waals surface area contributed by atoms with Crippen molar-refractivity contribution in [3.05, 3.63) is 23.5 Å². The summed E-state index contributed by atoms with van der Waals surface area (Å²) in [5.74, 6) is -0.559. The average Bonchev–Trinajstić information content (AvgIpc) is 3.00. The summed E-state index contributed by atoms with van der Waals surface area (Å²) in [6.07, 6.45) is 2.96. The van der Waals surface area contributed by atoms with Crippen molar-refractivity contribution in [1.29, 1.82) is 0 Å². The Hall–Kier alpha value is -1.18. The highest BCUT2D eigenvalue weighted by molar-refractivity contribution is 7.89. The van der Waals surface area contributed by atoms with Crippen molar-refractivity contribution in [3.63, 3.8) is 0 Å². The summed E-state index contributed by atoms with van der Waals surface area (Å²) in [5, 5.41) is 0. The molecule has 0 saturated carbocycles. The summed E-state index contributed by atoms with van der Waals surface area (Å²) in [6, 6.07) is 2.74. The second kappa shape index (κ2) is 5.23. The zero-order chi connectivity index (χ0) is 15.2. The molecule has 0 radical (unpaired) electrons. The minimum Gasteiger partial charge on any atom is -0.396 e. The molecule has 116 valence electrons. The van der Waals surface area contributed by atoms with Gasteiger partial charge in [-0.3, -0.25) is 4.90 Å². The van der Waals surface area contributed by atoms with Crippen LogP contribution in [0.25, 0.3) is 0 Å². The first-order valence-electron chi connectivity index (χ1n) is 7.20. The van der Waals surface area contributed by atoms with Gasteiger partial charge in [0.05, 0.1) is 10.6 Å². The van der Waals surface area contributed by atoms with E-state index >= 15 is 0 Å². The zero-order valence-electron chi connectivity index (χ0n) is 12.0. The van der Waals surface area contributed by atoms with E-state index in [2.05, 4.69) is 9.62 Å². The van der Waals surface area contributed by atoms with Gasteiger partial charge in [-0.25, -0.2) is 17.5 Å². The van der Waals surface area contributed by atoms with Crippen LogP contribution in [0.2, 0.25) is 0 Å². The Kier molecular flexibility index (Phi) is 3.67. The van der Waals surface area contributed by atoms with Crippen LogP contribution in [-0.4, -0.2) is 38.5 Å². The van der Waals surface area contributed by atoms with Crippen molar-refractivity contribution in [2.75, 3.05) is 18.8 Å². The highest BCUT2D eigenvalue weighted by atomic mass is 32.2. The molecule has 3 rings (SSSR count). The number of aryl methyl sites for hydroxylation is 1. The Bertz CT molecular complexity index is 639. The first-order valence-corrected chi connectivity index (χ1v) is 8.69. The van der Waals surface area contributed by atoms with E-state index in [-0.39, 0.29) is 22.2 Å². The van der Waals surface area contributed by atoms with Crippen LogP contribution in [0.4, 0.5) is 10.1 Å². The lowest BCUT2D eigenvalue weighted by Crippen LogP contribution is -2.42. The Morgan fingerprint density at radius 3 is 2.81 bits per heavy atom. The highest BCUT2D eigenvalue weighted by Gasteiger charge is 2.39. The summed E-state index contributed by atoms with van der Waals surface area (Å²) in [7, 11) is -3.67. The summed E-state index contributed by atoms with van der Waals surface area (Å²) in [5.41, 5.74) is 5.64. The molecule has 21 heavy (non-hydrogen) atoms. The van der Waals surface area contributed by atoms with E-state index in [1.165, 1.54) is 19.1 Å². The van der Waals surface area contributed by atoms with Crippen molar-refractivity contribution >= 4 is 15.7 Å². The van der Waals surface area contributed by atoms with Gasteiger partial charge in [0, 0.05) is 18.6 Å². The van der Waals surface area contributed by atoms with Gasteiger partial charge < -0.3 is 5.73 Å². The first kappa shape index (κ1) is 14.7. The summed E-state index contributed by atoms with van der Waals surface area (Å²) < 4.78 is 41.3. The Labute approximate surface area is 124 Å². The van der Waals surface area contributed by atoms with Crippen molar-refractivity contribution in [2.24, 2.45) is 0 Å². The minimum absolute atomic E-state index is 0.0374. The average molecular weight is 313 g/mol. The molecule has 5 nitrogen and oxygen atoms in total. The van der Waals surface area contributed by atoms with Gasteiger partial charge in [-0.2, -0.15) is 0 Å². The van der Waals surface area contributed by atoms with Gasteiger partial charge in [0.25, 0.3) is 0 Å². The topological polar surface area (TPSA) is 75.4 Å². The minimum atomic E-state index is -3.67. The maximum atomic E-state index is 13.5. The number of hydrogen-bond acceptors (Lipinski definition) is 4. The van der Waals surface area contributed by atoms with Crippen LogP contribution < -0.4 is 10.5 Å². The lowest BCUT2D eigenvalue weighted by molar-refractivity contribution is 0.309. The summed E-state index contributed by atoms with van der Waals surface area (Å²) in [6.45, 7) is 3.49. The molecule has 7 heteroatoms. The molecule has 3 N–H and O–H groups in total. The quantitative estimate of drug-likeness (QED) is 0.823. The maximum absolute atomic E-state index is 13.5. The van der Waals surface area contributed by atoms with E-state index in [4.69, 9.17) is 5.73 Å². The summed E-state index contributed by atoms with van der Waals surface area (Å²) in [4.78, 5) is 2.37. The molecular formula is C14H20FN3O2S. The van der Waals surface area contributed by atoms with Crippen molar-refractivity contribution < 1.29 is 12.8 Å². The lowest BCUT2D eigenvalue weighted by Gasteiger charge is -2.21. The van der Waals surface area contributed by atoms with Gasteiger partial charge in [-0.05, 0) is 50.4 Å². The molecule has 2 saturated heterocycles. The Balaban J connectivity index is 1.84. The van der Waals surface area contributed by atoms with Gasteiger partial charge in [-0.1, -0.05) is 0 Å². The smallest absolute Gasteiger partial charge is 0.240 e. The molecule has 0 spiro atoms. The van der Waals surface area contributed by atoms with E-state index in [0.717, 1.165) is 32.4 Å². The summed E-state index contributed by atoms with van der Waals surface area (Å²) >= 11 is 0. The van der Waals surface area contributed by atoms with E-state index in [1.54, 1.807) is 0 Å². The van der Waals surface area contributed by atoms with Crippen LogP contribution in [0.15, 0.2) is 17.0 Å². The van der Waals surface area contributed by atoms with Gasteiger partial charge in [-0.15, -0.1) is 0 Å². The molecule has 0 amide bonds. The molecule has 0 aromatic heterocycles. The Morgan fingerprint density at radius 2 is 2.10 bits per heavy atom. The largest absolute Gasteiger partial charge is 0.396 e. The number of fused-ring (bicyclic) bond motifs is 1. The fourth-order valence-electron chi connectivity index (χ4n) is 3.41. The third-order valence-electron chi connectivity index (χ3n) is 4.48. The Morgan fingerprint density at radius 1 is 1.33 bits per heavy atom. The van der Waals surface area contributed by atoms with Crippen LogP contribution in [-0.2, 0) is 10.0 Å². The third-order valence-corrected chi connectivity index (χ3v) is 5.95. The lowest BCUT2D eigenvalue weighted by atomic mass is 10.1. The normalized spacial score (nSPS) is 26.2. The van der Waals surface area contributed by atoms with Crippen LogP contribution in [0.5, 0.6) is 0 Å². The SMILES string of the molecule is Cc1cc(S(=O)(=O)NC2CCN3CCCC23)cc(N)c1F. The van der Waals surface area contributed by atoms with Crippen molar-refractivity contribution in [3.8, 4) is 0 Å². The maximum Gasteiger partial charge on any atom is 0.240 e. The molecule has 2 aliphatic rings. The number of nitrogens with one attached hydrogen (secondary N) is 1. The van der Waals surface area contributed by atoms with Gasteiger partial charge in [0.15, 0.2) is 0 Å². The number of nitrogens with zero attached hydrogens (tertiary/aromatic N) is 1. The van der Waals surface area contributed by atoms with Gasteiger partial charge in [0.1, 0.15) is 5.82 Å². The molecule has 1 aromatic rings. The number of benzene rings is 1. The standard InChI is InChI=1S/C14H20FN3O2S/c1-9-7-10(8-11(16)14(9)15)21(19,20)17-12-4-6-18-5-2-3-13(12)18/h7-8,12-13,17H,2-6,16H2,1H3. The predicted octanol–water partition coefficient (Wildman–Crippen LogP) is 1.23. The molecule has 0 aliphatic carbocycles. The number of anilines is 1. The van der Waals surface area contributed by atoms with Gasteiger partial charge >= 0.3 is 0 Å². The highest BCUT2D eigenvalue weighted by Crippen LogP contribution is 2.29. The fraction of sp³-hybridized carbons (Fsp3) is 0.571. The number of sulfonamides is 1. The monoisotopic (exact) mass is 313 g/mol. The van der Waals surface area contributed by atoms with E-state index in [0.29, 0.717) is 6.04 Å². The van der Waals surface area contributed by atoms with Crippen molar-refractivity contribution in [2.45, 2.75) is 43.2 Å². The number of rotatable bonds is 3. The van der Waals surface area contributed by atoms with Crippen molar-refractivity contribution in [1.82, 2.24) is 9.62 Å². The van der Waals surface area contributed by atoms with Crippen LogP contribution >= 0.6 is 0 Å². The molecular weight excluding hydrogens is 293 g/mol. The second-order valence-corrected chi connectivity index (χ2v) is 7.62. The predicted molar refractivity (Wildman–Crippen MR) is 78.9 cm³/mol. The molecule has 0 bridgehead atoms. The van der Waals surface area contributed by atoms with E-state index in [9.17, 15) is 12.8 Å². The fourth-order valence-corrected chi connectivity index (χ4v) is 4.83. The first-order chi connectivity index (χ1) is 9.88. The van der Waals surface area contributed by atoms with Crippen LogP contribution in [0, 0.1) is 12.7 Å². The molecule has 2 aliphatic heterocycles. The molecule has 2 fully saturated rings. The number of hydrogen-bond donors (Lipinski definition) is 2. The number of nitrogens with two attached hydrogens (primary N) is 1. The van der Waals surface area contributed by atoms with E-state index in [1.807, 2.05) is 0 Å². The number of halogens is 1. The molecule has 2 unspecified atom stereocenters. The van der Waals surface area contributed by atoms with Crippen LogP contribution in [0.3, 0.4) is 0 Å².